The van der Waals surface area contributed by atoms with Crippen molar-refractivity contribution < 1.29 is 14.4 Å². The quantitative estimate of drug-likeness (QED) is 0.682. The van der Waals surface area contributed by atoms with Crippen molar-refractivity contribution in [3.05, 3.63) is 66.3 Å². The van der Waals surface area contributed by atoms with Crippen molar-refractivity contribution in [2.24, 2.45) is 0 Å². The Morgan fingerprint density at radius 2 is 2.04 bits per heavy atom. The summed E-state index contributed by atoms with van der Waals surface area (Å²) in [6.07, 6.45) is 3.83. The predicted molar refractivity (Wildman–Crippen MR) is 90.3 cm³/mol. The van der Waals surface area contributed by atoms with Gasteiger partial charge in [-0.05, 0) is 17.7 Å². The van der Waals surface area contributed by atoms with Crippen LogP contribution in [0.1, 0.15) is 23.9 Å². The van der Waals surface area contributed by atoms with Crippen LogP contribution >= 0.6 is 0 Å². The Balaban J connectivity index is 1.55. The first-order chi connectivity index (χ1) is 12.3. The summed E-state index contributed by atoms with van der Waals surface area (Å²) in [4.78, 5) is 20.4. The fourth-order valence-corrected chi connectivity index (χ4v) is 2.38. The molecular weight excluding hydrogens is 320 g/mol. The number of benzene rings is 1. The Hall–Kier alpha value is -3.06. The number of aromatic nitrogens is 3. The maximum absolute atomic E-state index is 12.1. The fourth-order valence-electron chi connectivity index (χ4n) is 2.38. The van der Waals surface area contributed by atoms with Crippen molar-refractivity contribution in [1.82, 2.24) is 20.4 Å². The van der Waals surface area contributed by atoms with Crippen molar-refractivity contribution in [2.75, 3.05) is 6.61 Å². The molecule has 0 spiro atoms. The van der Waals surface area contributed by atoms with Crippen molar-refractivity contribution >= 4 is 5.91 Å². The average molecular weight is 338 g/mol. The summed E-state index contributed by atoms with van der Waals surface area (Å²) in [7, 11) is 0. The molecule has 0 fully saturated rings. The normalized spacial score (nSPS) is 11.9. The second-order valence-electron chi connectivity index (χ2n) is 5.47. The van der Waals surface area contributed by atoms with E-state index >= 15 is 0 Å². The van der Waals surface area contributed by atoms with Gasteiger partial charge in [-0.15, -0.1) is 0 Å². The highest BCUT2D eigenvalue weighted by Crippen LogP contribution is 2.15. The molecule has 128 valence electrons. The summed E-state index contributed by atoms with van der Waals surface area (Å²) in [5.74, 6) is 0.638. The number of rotatable bonds is 7. The SMILES string of the molecule is O=C(CCc1nc(-c2cccnc2)no1)N[C@H](CO)c1ccccc1. The van der Waals surface area contributed by atoms with Crippen LogP contribution in [0.25, 0.3) is 11.4 Å². The summed E-state index contributed by atoms with van der Waals surface area (Å²) in [6, 6.07) is 12.5. The van der Waals surface area contributed by atoms with E-state index in [0.717, 1.165) is 11.1 Å². The number of carbonyl (C=O) groups excluding carboxylic acids is 1. The first-order valence-corrected chi connectivity index (χ1v) is 7.94. The maximum atomic E-state index is 12.1. The number of amides is 1. The number of nitrogens with zero attached hydrogens (tertiary/aromatic N) is 3. The molecule has 0 bridgehead atoms. The zero-order valence-corrected chi connectivity index (χ0v) is 13.5. The van der Waals surface area contributed by atoms with Gasteiger partial charge in [0.1, 0.15) is 0 Å². The molecule has 0 radical (unpaired) electrons. The lowest BCUT2D eigenvalue weighted by atomic mass is 10.1. The summed E-state index contributed by atoms with van der Waals surface area (Å²) in [5.41, 5.74) is 1.61. The second kappa shape index (κ2) is 8.16. The van der Waals surface area contributed by atoms with E-state index in [1.54, 1.807) is 18.5 Å². The Bertz CT molecular complexity index is 805. The van der Waals surface area contributed by atoms with E-state index in [0.29, 0.717) is 18.1 Å². The number of pyridine rings is 1. The third kappa shape index (κ3) is 4.48. The molecule has 0 aliphatic rings. The monoisotopic (exact) mass is 338 g/mol. The van der Waals surface area contributed by atoms with Crippen molar-refractivity contribution in [2.45, 2.75) is 18.9 Å². The number of hydrogen-bond donors (Lipinski definition) is 2. The van der Waals surface area contributed by atoms with Crippen molar-refractivity contribution in [3.63, 3.8) is 0 Å². The molecule has 1 atom stereocenters. The van der Waals surface area contributed by atoms with Gasteiger partial charge >= 0.3 is 0 Å². The minimum absolute atomic E-state index is 0.165. The molecule has 1 amide bonds. The van der Waals surface area contributed by atoms with Crippen molar-refractivity contribution in [3.8, 4) is 11.4 Å². The minimum Gasteiger partial charge on any atom is -0.394 e. The standard InChI is InChI=1S/C18H18N4O3/c23-12-15(13-5-2-1-3-6-13)20-16(24)8-9-17-21-18(22-25-17)14-7-4-10-19-11-14/h1-7,10-11,15,23H,8-9,12H2,(H,20,24)/t15-/m1/s1. The Morgan fingerprint density at radius 3 is 2.76 bits per heavy atom. The number of hydrogen-bond acceptors (Lipinski definition) is 6. The van der Waals surface area contributed by atoms with Crippen LogP contribution in [0.2, 0.25) is 0 Å². The predicted octanol–water partition coefficient (Wildman–Crippen LogP) is 1.91. The Labute approximate surface area is 144 Å². The lowest BCUT2D eigenvalue weighted by molar-refractivity contribution is -0.122. The van der Waals surface area contributed by atoms with Gasteiger partial charge in [-0.3, -0.25) is 9.78 Å². The minimum atomic E-state index is -0.428. The molecule has 0 aliphatic heterocycles. The largest absolute Gasteiger partial charge is 0.394 e. The van der Waals surface area contributed by atoms with Crippen LogP contribution in [0.5, 0.6) is 0 Å². The highest BCUT2D eigenvalue weighted by Gasteiger charge is 2.15. The van der Waals surface area contributed by atoms with Crippen LogP contribution in [0.4, 0.5) is 0 Å². The van der Waals surface area contributed by atoms with Gasteiger partial charge in [0.25, 0.3) is 0 Å². The van der Waals surface area contributed by atoms with Gasteiger partial charge in [-0.2, -0.15) is 4.98 Å². The van der Waals surface area contributed by atoms with Gasteiger partial charge in [0, 0.05) is 30.8 Å². The molecular formula is C18H18N4O3. The summed E-state index contributed by atoms with van der Waals surface area (Å²) in [6.45, 7) is -0.165. The molecule has 1 aromatic carbocycles. The molecule has 2 aromatic heterocycles. The highest BCUT2D eigenvalue weighted by molar-refractivity contribution is 5.76. The molecule has 3 rings (SSSR count). The van der Waals surface area contributed by atoms with Crippen LogP contribution in [-0.4, -0.2) is 32.7 Å². The number of nitrogens with one attached hydrogen (secondary N) is 1. The fraction of sp³-hybridized carbons (Fsp3) is 0.222. The van der Waals surface area contributed by atoms with E-state index in [-0.39, 0.29) is 18.9 Å². The first-order valence-electron chi connectivity index (χ1n) is 7.94. The van der Waals surface area contributed by atoms with Crippen molar-refractivity contribution in [1.29, 1.82) is 0 Å². The van der Waals surface area contributed by atoms with Crippen LogP contribution in [0.3, 0.4) is 0 Å². The Kier molecular flexibility index (Phi) is 5.48. The van der Waals surface area contributed by atoms with E-state index in [9.17, 15) is 9.90 Å². The molecule has 3 aromatic rings. The lowest BCUT2D eigenvalue weighted by Gasteiger charge is -2.16. The molecule has 0 unspecified atom stereocenters. The van der Waals surface area contributed by atoms with E-state index in [4.69, 9.17) is 4.52 Å². The zero-order valence-electron chi connectivity index (χ0n) is 13.5. The number of aryl methyl sites for hydroxylation is 1. The van der Waals surface area contributed by atoms with E-state index in [2.05, 4.69) is 20.4 Å². The van der Waals surface area contributed by atoms with Gasteiger partial charge in [0.15, 0.2) is 0 Å². The molecule has 2 heterocycles. The van der Waals surface area contributed by atoms with E-state index in [1.165, 1.54) is 0 Å². The van der Waals surface area contributed by atoms with Gasteiger partial charge < -0.3 is 14.9 Å². The number of carbonyl (C=O) groups is 1. The molecule has 2 N–H and O–H groups in total. The maximum Gasteiger partial charge on any atom is 0.227 e. The third-order valence-corrected chi connectivity index (χ3v) is 3.67. The smallest absolute Gasteiger partial charge is 0.227 e. The highest BCUT2D eigenvalue weighted by atomic mass is 16.5. The number of aliphatic hydroxyl groups is 1. The second-order valence-corrected chi connectivity index (χ2v) is 5.47. The van der Waals surface area contributed by atoms with Crippen LogP contribution in [-0.2, 0) is 11.2 Å². The van der Waals surface area contributed by atoms with Gasteiger partial charge in [0.05, 0.1) is 12.6 Å². The third-order valence-electron chi connectivity index (χ3n) is 3.67. The van der Waals surface area contributed by atoms with Crippen LogP contribution < -0.4 is 5.32 Å². The average Bonchev–Trinajstić information content (AvgIpc) is 3.15. The van der Waals surface area contributed by atoms with Crippen LogP contribution in [0.15, 0.2) is 59.4 Å². The summed E-state index contributed by atoms with van der Waals surface area (Å²) >= 11 is 0. The zero-order chi connectivity index (χ0) is 17.5. The molecule has 7 heteroatoms. The van der Waals surface area contributed by atoms with Gasteiger partial charge in [0.2, 0.25) is 17.6 Å². The molecule has 25 heavy (non-hydrogen) atoms. The first kappa shape index (κ1) is 16.8. The topological polar surface area (TPSA) is 101 Å². The Morgan fingerprint density at radius 1 is 1.20 bits per heavy atom. The molecule has 7 nitrogen and oxygen atoms in total. The van der Waals surface area contributed by atoms with E-state index < -0.39 is 6.04 Å². The number of aliphatic hydroxyl groups excluding tert-OH is 1. The summed E-state index contributed by atoms with van der Waals surface area (Å²) in [5, 5.41) is 16.2. The van der Waals surface area contributed by atoms with Gasteiger partial charge in [-0.1, -0.05) is 35.5 Å². The molecule has 0 saturated carbocycles. The van der Waals surface area contributed by atoms with E-state index in [1.807, 2.05) is 36.4 Å². The molecule has 0 aliphatic carbocycles. The summed E-state index contributed by atoms with van der Waals surface area (Å²) < 4.78 is 5.17. The van der Waals surface area contributed by atoms with Gasteiger partial charge in [-0.25, -0.2) is 0 Å². The lowest BCUT2D eigenvalue weighted by Crippen LogP contribution is -2.30. The van der Waals surface area contributed by atoms with Crippen LogP contribution in [0, 0.1) is 0 Å². The molecule has 0 saturated heterocycles.